The largest absolute Gasteiger partial charge is 0.456 e. The number of rotatable bonds is 4. The van der Waals surface area contributed by atoms with Crippen molar-refractivity contribution < 1.29 is 14.0 Å². The minimum absolute atomic E-state index is 0.154. The number of para-hydroxylation sites is 1. The van der Waals surface area contributed by atoms with E-state index in [-0.39, 0.29) is 11.8 Å². The highest BCUT2D eigenvalue weighted by atomic mass is 16.3. The monoisotopic (exact) mass is 444 g/mol. The van der Waals surface area contributed by atoms with Crippen molar-refractivity contribution in [1.29, 1.82) is 0 Å². The summed E-state index contributed by atoms with van der Waals surface area (Å²) >= 11 is 0. The predicted octanol–water partition coefficient (Wildman–Crippen LogP) is 4.46. The zero-order chi connectivity index (χ0) is 23.3. The van der Waals surface area contributed by atoms with Crippen LogP contribution >= 0.6 is 0 Å². The van der Waals surface area contributed by atoms with Gasteiger partial charge < -0.3 is 19.2 Å². The molecular weight excluding hydrogens is 416 g/mol. The number of pyridine rings is 1. The summed E-state index contributed by atoms with van der Waals surface area (Å²) in [5.74, 6) is 0.784. The molecule has 1 aliphatic rings. The molecule has 0 atom stereocenters. The molecule has 2 amide bonds. The Morgan fingerprint density at radius 2 is 2.00 bits per heavy atom. The van der Waals surface area contributed by atoms with Gasteiger partial charge in [-0.25, -0.2) is 4.98 Å². The minimum Gasteiger partial charge on any atom is -0.456 e. The van der Waals surface area contributed by atoms with E-state index in [0.717, 1.165) is 39.9 Å². The fourth-order valence-electron chi connectivity index (χ4n) is 4.52. The first-order valence-electron chi connectivity index (χ1n) is 11.3. The summed E-state index contributed by atoms with van der Waals surface area (Å²) in [6.07, 6.45) is 2.06. The number of hydrogen-bond donors (Lipinski definition) is 1. The van der Waals surface area contributed by atoms with Crippen LogP contribution in [0.25, 0.3) is 33.3 Å². The maximum Gasteiger partial charge on any atom is 0.273 e. The second-order valence-electron chi connectivity index (χ2n) is 9.58. The molecule has 33 heavy (non-hydrogen) atoms. The first kappa shape index (κ1) is 21.2. The summed E-state index contributed by atoms with van der Waals surface area (Å²) in [5, 5.41) is 4.81. The third kappa shape index (κ3) is 3.57. The lowest BCUT2D eigenvalue weighted by Gasteiger charge is -2.40. The molecule has 0 bridgehead atoms. The van der Waals surface area contributed by atoms with Crippen molar-refractivity contribution in [2.75, 3.05) is 13.1 Å². The smallest absolute Gasteiger partial charge is 0.273 e. The Hall–Kier alpha value is -3.61. The van der Waals surface area contributed by atoms with E-state index >= 15 is 0 Å². The summed E-state index contributed by atoms with van der Waals surface area (Å²) in [4.78, 5) is 32.1. The quantitative estimate of drug-likeness (QED) is 0.504. The number of benzene rings is 1. The maximum absolute atomic E-state index is 13.4. The Morgan fingerprint density at radius 1 is 1.21 bits per heavy atom. The molecule has 3 aromatic heterocycles. The number of hydrogen-bond acceptors (Lipinski definition) is 4. The van der Waals surface area contributed by atoms with Crippen LogP contribution in [-0.4, -0.2) is 44.9 Å². The number of nitrogens with one attached hydrogen (secondary N) is 1. The fourth-order valence-corrected chi connectivity index (χ4v) is 4.52. The molecule has 0 radical (unpaired) electrons. The molecule has 7 nitrogen and oxygen atoms in total. The van der Waals surface area contributed by atoms with Gasteiger partial charge in [-0.05, 0) is 44.0 Å². The third-order valence-corrected chi connectivity index (χ3v) is 6.29. The summed E-state index contributed by atoms with van der Waals surface area (Å²) in [7, 11) is 0. The second kappa shape index (κ2) is 7.76. The molecule has 1 aliphatic heterocycles. The number of carbonyl (C=O) groups excluding carboxylic acids is 2. The van der Waals surface area contributed by atoms with Crippen molar-refractivity contribution in [2.24, 2.45) is 5.92 Å². The molecule has 5 rings (SSSR count). The van der Waals surface area contributed by atoms with Gasteiger partial charge in [-0.15, -0.1) is 0 Å². The molecule has 1 saturated heterocycles. The number of carbonyl (C=O) groups is 2. The highest BCUT2D eigenvalue weighted by Crippen LogP contribution is 2.34. The molecule has 1 aromatic carbocycles. The number of aromatic nitrogens is 2. The van der Waals surface area contributed by atoms with Gasteiger partial charge in [-0.2, -0.15) is 0 Å². The van der Waals surface area contributed by atoms with E-state index in [1.807, 2.05) is 36.4 Å². The molecule has 1 fully saturated rings. The number of fused-ring (bicyclic) bond motifs is 2. The van der Waals surface area contributed by atoms with Crippen molar-refractivity contribution in [1.82, 2.24) is 19.8 Å². The number of nitrogens with zero attached hydrogens (tertiary/aromatic N) is 3. The van der Waals surface area contributed by atoms with Gasteiger partial charge >= 0.3 is 0 Å². The second-order valence-corrected chi connectivity index (χ2v) is 9.58. The van der Waals surface area contributed by atoms with Crippen LogP contribution in [0.3, 0.4) is 0 Å². The lowest BCUT2D eigenvalue weighted by molar-refractivity contribution is -0.133. The molecule has 0 spiro atoms. The first-order valence-corrected chi connectivity index (χ1v) is 11.3. The van der Waals surface area contributed by atoms with E-state index in [4.69, 9.17) is 9.40 Å². The lowest BCUT2D eigenvalue weighted by atomic mass is 9.98. The zero-order valence-electron chi connectivity index (χ0n) is 19.4. The summed E-state index contributed by atoms with van der Waals surface area (Å²) in [6, 6.07) is 13.7. The Labute approximate surface area is 192 Å². The molecule has 0 aliphatic carbocycles. The Balaban J connectivity index is 1.61. The van der Waals surface area contributed by atoms with Gasteiger partial charge in [0.1, 0.15) is 28.2 Å². The van der Waals surface area contributed by atoms with Crippen LogP contribution in [0.2, 0.25) is 0 Å². The third-order valence-electron chi connectivity index (χ3n) is 6.29. The van der Waals surface area contributed by atoms with Crippen LogP contribution in [0.5, 0.6) is 0 Å². The molecule has 4 aromatic rings. The average molecular weight is 445 g/mol. The maximum atomic E-state index is 13.4. The van der Waals surface area contributed by atoms with Gasteiger partial charge in [0, 0.05) is 42.2 Å². The summed E-state index contributed by atoms with van der Waals surface area (Å²) < 4.78 is 8.22. The van der Waals surface area contributed by atoms with Gasteiger partial charge in [0.25, 0.3) is 5.91 Å². The Kier molecular flexibility index (Phi) is 5.00. The summed E-state index contributed by atoms with van der Waals surface area (Å²) in [6.45, 7) is 9.48. The van der Waals surface area contributed by atoms with Crippen molar-refractivity contribution in [2.45, 2.75) is 39.8 Å². The molecule has 1 N–H and O–H groups in total. The van der Waals surface area contributed by atoms with Gasteiger partial charge in [-0.3, -0.25) is 9.59 Å². The van der Waals surface area contributed by atoms with Gasteiger partial charge in [0.05, 0.1) is 0 Å². The molecule has 7 heteroatoms. The van der Waals surface area contributed by atoms with Crippen LogP contribution in [0.1, 0.15) is 38.2 Å². The van der Waals surface area contributed by atoms with Crippen LogP contribution in [0.4, 0.5) is 0 Å². The number of piperazine rings is 1. The highest BCUT2D eigenvalue weighted by Gasteiger charge is 2.41. The molecule has 4 heterocycles. The molecule has 0 unspecified atom stereocenters. The first-order chi connectivity index (χ1) is 15.8. The molecular formula is C26H28N4O3. The average Bonchev–Trinajstić information content (AvgIpc) is 3.36. The van der Waals surface area contributed by atoms with Crippen LogP contribution in [0, 0.1) is 5.92 Å². The van der Waals surface area contributed by atoms with Crippen molar-refractivity contribution in [3.8, 4) is 11.3 Å². The fraction of sp³-hybridized carbons (Fsp3) is 0.346. The lowest BCUT2D eigenvalue weighted by Crippen LogP contribution is -2.63. The van der Waals surface area contributed by atoms with Crippen molar-refractivity contribution in [3.05, 3.63) is 54.4 Å². The number of furan rings is 1. The van der Waals surface area contributed by atoms with Crippen LogP contribution in [-0.2, 0) is 11.3 Å². The molecule has 170 valence electrons. The Morgan fingerprint density at radius 3 is 2.76 bits per heavy atom. The zero-order valence-corrected chi connectivity index (χ0v) is 19.4. The SMILES string of the molecule is CC(C)Cn1cc(-c2cc3ccccc3o2)c2ccc(C(=O)N3CCNC(=O)C3(C)C)nc21. The normalized spacial score (nSPS) is 16.0. The van der Waals surface area contributed by atoms with E-state index in [1.54, 1.807) is 24.8 Å². The van der Waals surface area contributed by atoms with Gasteiger partial charge in [0.2, 0.25) is 5.91 Å². The standard InChI is InChI=1S/C26H28N4O3/c1-16(2)14-29-15-19(22-13-17-7-5-6-8-21(17)33-22)18-9-10-20(28-23(18)29)24(31)30-12-11-27-25(32)26(30,3)4/h5-10,13,15-16H,11-12,14H2,1-4H3,(H,27,32). The minimum atomic E-state index is -0.925. The van der Waals surface area contributed by atoms with Crippen LogP contribution < -0.4 is 5.32 Å². The van der Waals surface area contributed by atoms with Crippen molar-refractivity contribution >= 4 is 33.8 Å². The van der Waals surface area contributed by atoms with Gasteiger partial charge in [-0.1, -0.05) is 32.0 Å². The Bertz CT molecular complexity index is 1350. The summed E-state index contributed by atoms with van der Waals surface area (Å²) in [5.41, 5.74) is 1.94. The van der Waals surface area contributed by atoms with Crippen molar-refractivity contribution in [3.63, 3.8) is 0 Å². The van der Waals surface area contributed by atoms with E-state index < -0.39 is 5.54 Å². The van der Waals surface area contributed by atoms with E-state index in [9.17, 15) is 9.59 Å². The molecule has 0 saturated carbocycles. The number of amides is 2. The predicted molar refractivity (Wildman–Crippen MR) is 128 cm³/mol. The van der Waals surface area contributed by atoms with E-state index in [2.05, 4.69) is 29.9 Å². The van der Waals surface area contributed by atoms with Gasteiger partial charge in [0.15, 0.2) is 0 Å². The van der Waals surface area contributed by atoms with E-state index in [1.165, 1.54) is 0 Å². The highest BCUT2D eigenvalue weighted by molar-refractivity contribution is 6.01. The van der Waals surface area contributed by atoms with E-state index in [0.29, 0.717) is 24.7 Å². The topological polar surface area (TPSA) is 80.4 Å². The van der Waals surface area contributed by atoms with Crippen LogP contribution in [0.15, 0.2) is 53.1 Å².